The maximum atomic E-state index is 12.9. The number of benzene rings is 1. The number of hydrogen-bond donors (Lipinski definition) is 0. The molecule has 0 saturated carbocycles. The number of hydrogen-bond acceptors (Lipinski definition) is 2. The number of carbonyl (C=O) groups excluding carboxylic acids is 1. The number of aryl methyl sites for hydroxylation is 1. The van der Waals surface area contributed by atoms with Crippen LogP contribution in [0, 0.1) is 5.82 Å². The summed E-state index contributed by atoms with van der Waals surface area (Å²) >= 11 is 5.87. The number of ketones is 1. The van der Waals surface area contributed by atoms with Gasteiger partial charge in [0.1, 0.15) is 11.6 Å². The zero-order valence-electron chi connectivity index (χ0n) is 9.87. The van der Waals surface area contributed by atoms with Crippen LogP contribution >= 0.6 is 11.6 Å². The average molecular weight is 267 g/mol. The van der Waals surface area contributed by atoms with E-state index in [1.54, 1.807) is 12.1 Å². The molecule has 0 bridgehead atoms. The standard InChI is InChI=1S/C14H12ClFO2/c1-2-11-5-6-14(18-11)13(17)7-9-3-4-10(16)8-12(9)15/h3-6,8H,2,7H2,1H3. The highest BCUT2D eigenvalue weighted by Crippen LogP contribution is 2.20. The molecule has 1 aromatic heterocycles. The summed E-state index contributed by atoms with van der Waals surface area (Å²) in [5.41, 5.74) is 0.595. The van der Waals surface area contributed by atoms with Gasteiger partial charge in [0.2, 0.25) is 5.78 Å². The maximum Gasteiger partial charge on any atom is 0.202 e. The predicted molar refractivity (Wildman–Crippen MR) is 67.5 cm³/mol. The van der Waals surface area contributed by atoms with E-state index in [1.165, 1.54) is 18.2 Å². The molecular formula is C14H12ClFO2. The fourth-order valence-electron chi connectivity index (χ4n) is 1.64. The molecule has 0 amide bonds. The van der Waals surface area contributed by atoms with Gasteiger partial charge in [-0.2, -0.15) is 0 Å². The van der Waals surface area contributed by atoms with Crippen LogP contribution in [0.4, 0.5) is 4.39 Å². The first kappa shape index (κ1) is 12.8. The third kappa shape index (κ3) is 2.79. The smallest absolute Gasteiger partial charge is 0.202 e. The number of carbonyl (C=O) groups is 1. The molecule has 0 N–H and O–H groups in total. The van der Waals surface area contributed by atoms with Crippen molar-refractivity contribution in [3.05, 3.63) is 58.3 Å². The van der Waals surface area contributed by atoms with Crippen molar-refractivity contribution in [1.82, 2.24) is 0 Å². The van der Waals surface area contributed by atoms with Gasteiger partial charge in [-0.3, -0.25) is 4.79 Å². The van der Waals surface area contributed by atoms with Crippen molar-refractivity contribution in [2.75, 3.05) is 0 Å². The monoisotopic (exact) mass is 266 g/mol. The van der Waals surface area contributed by atoms with Crippen LogP contribution in [0.1, 0.15) is 28.8 Å². The van der Waals surface area contributed by atoms with Crippen molar-refractivity contribution in [3.8, 4) is 0 Å². The highest BCUT2D eigenvalue weighted by molar-refractivity contribution is 6.31. The van der Waals surface area contributed by atoms with E-state index in [4.69, 9.17) is 16.0 Å². The molecule has 0 saturated heterocycles. The Bertz CT molecular complexity index is 575. The summed E-state index contributed by atoms with van der Waals surface area (Å²) in [6.45, 7) is 1.95. The van der Waals surface area contributed by atoms with Gasteiger partial charge in [-0.15, -0.1) is 0 Å². The van der Waals surface area contributed by atoms with E-state index in [9.17, 15) is 9.18 Å². The first-order chi connectivity index (χ1) is 8.60. The first-order valence-electron chi connectivity index (χ1n) is 5.66. The van der Waals surface area contributed by atoms with Gasteiger partial charge < -0.3 is 4.42 Å². The molecule has 0 aliphatic carbocycles. The van der Waals surface area contributed by atoms with E-state index < -0.39 is 5.82 Å². The number of furan rings is 1. The summed E-state index contributed by atoms with van der Waals surface area (Å²) < 4.78 is 18.2. The van der Waals surface area contributed by atoms with E-state index in [0.29, 0.717) is 11.3 Å². The molecule has 4 heteroatoms. The Kier molecular flexibility index (Phi) is 3.82. The summed E-state index contributed by atoms with van der Waals surface area (Å²) in [6.07, 6.45) is 0.848. The highest BCUT2D eigenvalue weighted by atomic mass is 35.5. The van der Waals surface area contributed by atoms with Gasteiger partial charge in [0.15, 0.2) is 5.76 Å². The number of rotatable bonds is 4. The fraction of sp³-hybridized carbons (Fsp3) is 0.214. The lowest BCUT2D eigenvalue weighted by Crippen LogP contribution is -2.02. The second-order valence-electron chi connectivity index (χ2n) is 3.96. The molecule has 0 atom stereocenters. The van der Waals surface area contributed by atoms with E-state index in [2.05, 4.69) is 0 Å². The van der Waals surface area contributed by atoms with Gasteiger partial charge in [-0.05, 0) is 29.8 Å². The largest absolute Gasteiger partial charge is 0.458 e. The lowest BCUT2D eigenvalue weighted by Gasteiger charge is -2.02. The van der Waals surface area contributed by atoms with Crippen LogP contribution in [0.3, 0.4) is 0 Å². The molecule has 0 spiro atoms. The van der Waals surface area contributed by atoms with Gasteiger partial charge >= 0.3 is 0 Å². The zero-order chi connectivity index (χ0) is 13.1. The molecule has 0 radical (unpaired) electrons. The Labute approximate surface area is 109 Å². The van der Waals surface area contributed by atoms with Crippen LogP contribution < -0.4 is 0 Å². The molecule has 0 aliphatic rings. The van der Waals surface area contributed by atoms with Crippen molar-refractivity contribution >= 4 is 17.4 Å². The van der Waals surface area contributed by atoms with E-state index >= 15 is 0 Å². The zero-order valence-corrected chi connectivity index (χ0v) is 10.6. The molecule has 0 unspecified atom stereocenters. The molecule has 0 aliphatic heterocycles. The fourth-order valence-corrected chi connectivity index (χ4v) is 1.88. The summed E-state index contributed by atoms with van der Waals surface area (Å²) in [5.74, 6) is 0.501. The minimum atomic E-state index is -0.414. The van der Waals surface area contributed by atoms with Gasteiger partial charge in [-0.25, -0.2) is 4.39 Å². The van der Waals surface area contributed by atoms with Crippen molar-refractivity contribution in [1.29, 1.82) is 0 Å². The van der Waals surface area contributed by atoms with Crippen LogP contribution in [-0.2, 0) is 12.8 Å². The molecule has 2 rings (SSSR count). The highest BCUT2D eigenvalue weighted by Gasteiger charge is 2.13. The lowest BCUT2D eigenvalue weighted by atomic mass is 10.1. The Morgan fingerprint density at radius 3 is 2.72 bits per heavy atom. The SMILES string of the molecule is CCc1ccc(C(=O)Cc2ccc(F)cc2Cl)o1. The molecule has 2 nitrogen and oxygen atoms in total. The van der Waals surface area contributed by atoms with E-state index in [1.807, 2.05) is 6.92 Å². The molecule has 1 aromatic carbocycles. The van der Waals surface area contributed by atoms with Gasteiger partial charge in [0.25, 0.3) is 0 Å². The van der Waals surface area contributed by atoms with Crippen LogP contribution in [0.2, 0.25) is 5.02 Å². The summed E-state index contributed by atoms with van der Waals surface area (Å²) in [7, 11) is 0. The van der Waals surface area contributed by atoms with Crippen LogP contribution in [0.25, 0.3) is 0 Å². The Morgan fingerprint density at radius 1 is 1.33 bits per heavy atom. The predicted octanol–water partition coefficient (Wildman–Crippen LogP) is 4.06. The summed E-state index contributed by atoms with van der Waals surface area (Å²) in [5, 5.41) is 0.255. The van der Waals surface area contributed by atoms with Gasteiger partial charge in [0, 0.05) is 17.9 Å². The number of halogens is 2. The average Bonchev–Trinajstić information content (AvgIpc) is 2.81. The van der Waals surface area contributed by atoms with Crippen molar-refractivity contribution < 1.29 is 13.6 Å². The quantitative estimate of drug-likeness (QED) is 0.781. The van der Waals surface area contributed by atoms with Crippen molar-refractivity contribution in [2.45, 2.75) is 19.8 Å². The Morgan fingerprint density at radius 2 is 2.11 bits per heavy atom. The summed E-state index contributed by atoms with van der Waals surface area (Å²) in [6, 6.07) is 7.43. The second-order valence-corrected chi connectivity index (χ2v) is 4.36. The van der Waals surface area contributed by atoms with Crippen LogP contribution in [0.5, 0.6) is 0 Å². The normalized spacial score (nSPS) is 10.6. The number of Topliss-reactive ketones (excluding diaryl/α,β-unsaturated/α-hetero) is 1. The van der Waals surface area contributed by atoms with E-state index in [-0.39, 0.29) is 17.2 Å². The molecule has 94 valence electrons. The Balaban J connectivity index is 2.16. The maximum absolute atomic E-state index is 12.9. The minimum absolute atomic E-state index is 0.107. The van der Waals surface area contributed by atoms with Crippen molar-refractivity contribution in [3.63, 3.8) is 0 Å². The molecule has 0 fully saturated rings. The first-order valence-corrected chi connectivity index (χ1v) is 6.03. The molecule has 18 heavy (non-hydrogen) atoms. The van der Waals surface area contributed by atoms with Crippen LogP contribution in [-0.4, -0.2) is 5.78 Å². The van der Waals surface area contributed by atoms with Crippen molar-refractivity contribution in [2.24, 2.45) is 0 Å². The van der Waals surface area contributed by atoms with E-state index in [0.717, 1.165) is 12.2 Å². The van der Waals surface area contributed by atoms with Gasteiger partial charge in [0.05, 0.1) is 0 Å². The molecular weight excluding hydrogens is 255 g/mol. The van der Waals surface area contributed by atoms with Crippen LogP contribution in [0.15, 0.2) is 34.7 Å². The Hall–Kier alpha value is -1.61. The van der Waals surface area contributed by atoms with Gasteiger partial charge in [-0.1, -0.05) is 24.6 Å². The topological polar surface area (TPSA) is 30.2 Å². The third-order valence-electron chi connectivity index (χ3n) is 2.65. The molecule has 1 heterocycles. The minimum Gasteiger partial charge on any atom is -0.458 e. The third-order valence-corrected chi connectivity index (χ3v) is 3.00. The summed E-state index contributed by atoms with van der Waals surface area (Å²) in [4.78, 5) is 11.9. The lowest BCUT2D eigenvalue weighted by molar-refractivity contribution is 0.0964. The molecule has 2 aromatic rings. The second kappa shape index (κ2) is 5.36.